The smallest absolute Gasteiger partial charge is 0.205 e. The molecule has 8 heavy (non-hydrogen) atoms. The van der Waals surface area contributed by atoms with Crippen molar-refractivity contribution in [2.75, 3.05) is 0 Å². The highest BCUT2D eigenvalue weighted by molar-refractivity contribution is 5.27. The lowest BCUT2D eigenvalue weighted by Gasteiger charge is -1.91. The monoisotopic (exact) mass is 116 g/mol. The molecule has 1 aliphatic carbocycles. The summed E-state index contributed by atoms with van der Waals surface area (Å²) < 4.78 is 23.2. The lowest BCUT2D eigenvalue weighted by atomic mass is 10.3. The molecule has 1 aliphatic rings. The minimum atomic E-state index is -2.28. The third kappa shape index (κ3) is 0.941. The molecule has 0 atom stereocenters. The third-order valence-corrected chi connectivity index (χ3v) is 1.05. The van der Waals surface area contributed by atoms with Crippen LogP contribution in [0.1, 0.15) is 6.42 Å². The first-order valence-corrected chi connectivity index (χ1v) is 2.45. The fourth-order valence-electron chi connectivity index (χ4n) is 0.638. The fourth-order valence-corrected chi connectivity index (χ4v) is 0.638. The SMILES string of the molecule is FC(F)C1=CCC=C1. The Morgan fingerprint density at radius 3 is 2.50 bits per heavy atom. The normalized spacial score (nSPS) is 17.6. The predicted octanol–water partition coefficient (Wildman–Crippen LogP) is 2.14. The van der Waals surface area contributed by atoms with Crippen LogP contribution in [0.3, 0.4) is 0 Å². The Morgan fingerprint density at radius 1 is 1.50 bits per heavy atom. The molecule has 0 N–H and O–H groups in total. The molecule has 0 saturated carbocycles. The average Bonchev–Trinajstić information content (AvgIpc) is 2.12. The minimum absolute atomic E-state index is 0.157. The molecule has 0 spiro atoms. The van der Waals surface area contributed by atoms with E-state index in [1.165, 1.54) is 12.2 Å². The topological polar surface area (TPSA) is 0 Å². The van der Waals surface area contributed by atoms with Crippen molar-refractivity contribution in [1.29, 1.82) is 0 Å². The zero-order valence-electron chi connectivity index (χ0n) is 4.27. The van der Waals surface area contributed by atoms with E-state index in [4.69, 9.17) is 0 Å². The number of hydrogen-bond acceptors (Lipinski definition) is 0. The summed E-state index contributed by atoms with van der Waals surface area (Å²) in [4.78, 5) is 0. The molecule has 0 unspecified atom stereocenters. The molecule has 0 aliphatic heterocycles. The summed E-state index contributed by atoms with van der Waals surface area (Å²) in [5.41, 5.74) is 0.157. The summed E-state index contributed by atoms with van der Waals surface area (Å²) in [5, 5.41) is 0. The van der Waals surface area contributed by atoms with E-state index in [1.807, 2.05) is 0 Å². The summed E-state index contributed by atoms with van der Waals surface area (Å²) in [5.74, 6) is 0. The van der Waals surface area contributed by atoms with Gasteiger partial charge in [-0.1, -0.05) is 18.2 Å². The number of hydrogen-bond donors (Lipinski definition) is 0. The highest BCUT2D eigenvalue weighted by Gasteiger charge is 2.08. The van der Waals surface area contributed by atoms with E-state index in [0.717, 1.165) is 0 Å². The van der Waals surface area contributed by atoms with Crippen LogP contribution in [0, 0.1) is 0 Å². The Hall–Kier alpha value is -0.660. The summed E-state index contributed by atoms with van der Waals surface area (Å²) in [6, 6.07) is 0. The van der Waals surface area contributed by atoms with E-state index < -0.39 is 6.43 Å². The number of rotatable bonds is 1. The molecule has 0 amide bonds. The van der Waals surface area contributed by atoms with E-state index in [1.54, 1.807) is 6.08 Å². The maximum Gasteiger partial charge on any atom is 0.263 e. The molecule has 0 radical (unpaired) electrons. The Labute approximate surface area is 46.5 Å². The molecule has 0 heterocycles. The van der Waals surface area contributed by atoms with E-state index in [-0.39, 0.29) is 5.57 Å². The fraction of sp³-hybridized carbons (Fsp3) is 0.333. The van der Waals surface area contributed by atoms with Gasteiger partial charge in [-0.25, -0.2) is 8.78 Å². The lowest BCUT2D eigenvalue weighted by molar-refractivity contribution is 0.194. The molecule has 0 aromatic rings. The van der Waals surface area contributed by atoms with E-state index in [2.05, 4.69) is 0 Å². The summed E-state index contributed by atoms with van der Waals surface area (Å²) in [6.45, 7) is 0. The predicted molar refractivity (Wildman–Crippen MR) is 27.8 cm³/mol. The van der Waals surface area contributed by atoms with Crippen LogP contribution in [0.15, 0.2) is 23.8 Å². The van der Waals surface area contributed by atoms with E-state index >= 15 is 0 Å². The Balaban J connectivity index is 2.58. The van der Waals surface area contributed by atoms with Gasteiger partial charge in [-0.3, -0.25) is 0 Å². The number of alkyl halides is 2. The molecular formula is C6H6F2. The molecule has 44 valence electrons. The van der Waals surface area contributed by atoms with Gasteiger partial charge in [0.25, 0.3) is 6.43 Å². The van der Waals surface area contributed by atoms with Crippen molar-refractivity contribution >= 4 is 0 Å². The second kappa shape index (κ2) is 2.07. The van der Waals surface area contributed by atoms with Crippen molar-refractivity contribution in [3.05, 3.63) is 23.8 Å². The zero-order valence-corrected chi connectivity index (χ0v) is 4.27. The van der Waals surface area contributed by atoms with Gasteiger partial charge in [0.2, 0.25) is 0 Å². The van der Waals surface area contributed by atoms with Crippen LogP contribution in [0.4, 0.5) is 8.78 Å². The van der Waals surface area contributed by atoms with Gasteiger partial charge >= 0.3 is 0 Å². The van der Waals surface area contributed by atoms with Gasteiger partial charge in [-0.15, -0.1) is 0 Å². The molecule has 2 heteroatoms. The largest absolute Gasteiger partial charge is 0.263 e. The lowest BCUT2D eigenvalue weighted by Crippen LogP contribution is -1.89. The van der Waals surface area contributed by atoms with Gasteiger partial charge in [0.1, 0.15) is 0 Å². The molecule has 0 aromatic heterocycles. The van der Waals surface area contributed by atoms with E-state index in [9.17, 15) is 8.78 Å². The average molecular weight is 116 g/mol. The second-order valence-electron chi connectivity index (χ2n) is 1.64. The van der Waals surface area contributed by atoms with Crippen molar-refractivity contribution in [2.45, 2.75) is 12.8 Å². The summed E-state index contributed by atoms with van der Waals surface area (Å²) in [6.07, 6.45) is 3.10. The van der Waals surface area contributed by atoms with Crippen LogP contribution < -0.4 is 0 Å². The van der Waals surface area contributed by atoms with Gasteiger partial charge in [-0.05, 0) is 6.42 Å². The highest BCUT2D eigenvalue weighted by atomic mass is 19.3. The van der Waals surface area contributed by atoms with Crippen LogP contribution >= 0.6 is 0 Å². The van der Waals surface area contributed by atoms with Crippen molar-refractivity contribution in [3.63, 3.8) is 0 Å². The van der Waals surface area contributed by atoms with Crippen LogP contribution in [-0.4, -0.2) is 6.43 Å². The molecule has 0 saturated heterocycles. The van der Waals surface area contributed by atoms with Crippen LogP contribution in [0.2, 0.25) is 0 Å². The van der Waals surface area contributed by atoms with Crippen LogP contribution in [0.25, 0.3) is 0 Å². The molecule has 0 fully saturated rings. The molecule has 1 rings (SSSR count). The minimum Gasteiger partial charge on any atom is -0.205 e. The van der Waals surface area contributed by atoms with Gasteiger partial charge in [0, 0.05) is 5.57 Å². The first kappa shape index (κ1) is 5.48. The molecule has 0 nitrogen and oxygen atoms in total. The molecular weight excluding hydrogens is 110 g/mol. The number of allylic oxidation sites excluding steroid dienone is 4. The Bertz CT molecular complexity index is 133. The van der Waals surface area contributed by atoms with Crippen LogP contribution in [-0.2, 0) is 0 Å². The van der Waals surface area contributed by atoms with Gasteiger partial charge in [0.05, 0.1) is 0 Å². The van der Waals surface area contributed by atoms with Gasteiger partial charge in [-0.2, -0.15) is 0 Å². The summed E-state index contributed by atoms with van der Waals surface area (Å²) in [7, 11) is 0. The number of halogens is 2. The Morgan fingerprint density at radius 2 is 2.25 bits per heavy atom. The zero-order chi connectivity index (χ0) is 5.98. The van der Waals surface area contributed by atoms with Crippen molar-refractivity contribution in [3.8, 4) is 0 Å². The third-order valence-electron chi connectivity index (χ3n) is 1.05. The standard InChI is InChI=1S/C6H6F2/c7-6(8)5-3-1-2-4-5/h1,3-4,6H,2H2. The maximum absolute atomic E-state index is 11.6. The first-order valence-electron chi connectivity index (χ1n) is 2.45. The first-order chi connectivity index (χ1) is 3.80. The quantitative estimate of drug-likeness (QED) is 0.492. The van der Waals surface area contributed by atoms with Crippen molar-refractivity contribution in [2.24, 2.45) is 0 Å². The van der Waals surface area contributed by atoms with Crippen molar-refractivity contribution in [1.82, 2.24) is 0 Å². The van der Waals surface area contributed by atoms with Crippen molar-refractivity contribution < 1.29 is 8.78 Å². The van der Waals surface area contributed by atoms with E-state index in [0.29, 0.717) is 6.42 Å². The van der Waals surface area contributed by atoms with Gasteiger partial charge in [0.15, 0.2) is 0 Å². The highest BCUT2D eigenvalue weighted by Crippen LogP contribution is 2.15. The maximum atomic E-state index is 11.6. The molecule has 0 aromatic carbocycles. The second-order valence-corrected chi connectivity index (χ2v) is 1.64. The van der Waals surface area contributed by atoms with Crippen LogP contribution in [0.5, 0.6) is 0 Å². The molecule has 0 bridgehead atoms. The summed E-state index contributed by atoms with van der Waals surface area (Å²) >= 11 is 0. The van der Waals surface area contributed by atoms with Gasteiger partial charge < -0.3 is 0 Å². The Kier molecular flexibility index (Phi) is 1.42.